The topological polar surface area (TPSA) is 43.6 Å². The lowest BCUT2D eigenvalue weighted by Crippen LogP contribution is -2.28. The molecule has 1 aliphatic carbocycles. The molecule has 2 heterocycles. The molecule has 4 nitrogen and oxygen atoms in total. The van der Waals surface area contributed by atoms with Gasteiger partial charge in [0.15, 0.2) is 17.5 Å². The van der Waals surface area contributed by atoms with Crippen molar-refractivity contribution >= 4 is 54.1 Å². The third-order valence-corrected chi connectivity index (χ3v) is 15.5. The number of nitrogens with zero attached hydrogens (tertiary/aromatic N) is 4. The van der Waals surface area contributed by atoms with E-state index in [2.05, 4.69) is 265 Å². The van der Waals surface area contributed by atoms with Crippen LogP contribution in [0.4, 0.5) is 0 Å². The van der Waals surface area contributed by atoms with Crippen LogP contribution in [-0.2, 0) is 5.41 Å². The third kappa shape index (κ3) is 6.31. The van der Waals surface area contributed by atoms with Gasteiger partial charge in [-0.15, -0.1) is 0 Å². The van der Waals surface area contributed by atoms with Crippen LogP contribution in [0, 0.1) is 0 Å². The number of hydrogen-bond donors (Lipinski definition) is 0. The largest absolute Gasteiger partial charge is 0.309 e. The van der Waals surface area contributed by atoms with E-state index in [4.69, 9.17) is 15.0 Å². The summed E-state index contributed by atoms with van der Waals surface area (Å²) in [5, 5.41) is 9.85. The molecule has 0 atom stereocenters. The van der Waals surface area contributed by atoms with E-state index >= 15 is 0 Å². The number of fused-ring (bicyclic) bond motifs is 12. The van der Waals surface area contributed by atoms with Gasteiger partial charge in [0.1, 0.15) is 0 Å². The minimum absolute atomic E-state index is 0.578. The number of rotatable bonds is 7. The van der Waals surface area contributed by atoms with Gasteiger partial charge in [0.25, 0.3) is 0 Å². The minimum atomic E-state index is -0.578. The Morgan fingerprint density at radius 1 is 0.270 bits per heavy atom. The van der Waals surface area contributed by atoms with Gasteiger partial charge in [-0.2, -0.15) is 0 Å². The smallest absolute Gasteiger partial charge is 0.164 e. The van der Waals surface area contributed by atoms with Gasteiger partial charge in [-0.3, -0.25) is 0 Å². The zero-order chi connectivity index (χ0) is 48.7. The summed E-state index contributed by atoms with van der Waals surface area (Å²) in [7, 11) is 0. The van der Waals surface area contributed by atoms with E-state index in [1.54, 1.807) is 0 Å². The fraction of sp³-hybridized carbons (Fsp3) is 0.0143. The lowest BCUT2D eigenvalue weighted by atomic mass is 9.67. The van der Waals surface area contributed by atoms with Crippen LogP contribution in [-0.4, -0.2) is 19.5 Å². The van der Waals surface area contributed by atoms with Crippen molar-refractivity contribution in [2.45, 2.75) is 5.41 Å². The summed E-state index contributed by atoms with van der Waals surface area (Å²) in [6, 6.07) is 96.6. The number of aromatic nitrogens is 4. The first kappa shape index (κ1) is 42.0. The van der Waals surface area contributed by atoms with Crippen LogP contribution in [0.3, 0.4) is 0 Å². The highest BCUT2D eigenvalue weighted by molar-refractivity contribution is 6.25. The Morgan fingerprint density at radius 3 is 1.36 bits per heavy atom. The predicted molar refractivity (Wildman–Crippen MR) is 306 cm³/mol. The Bertz CT molecular complexity index is 4410. The highest BCUT2D eigenvalue weighted by atomic mass is 15.0. The van der Waals surface area contributed by atoms with E-state index in [9.17, 15) is 0 Å². The molecule has 12 aromatic carbocycles. The zero-order valence-electron chi connectivity index (χ0n) is 40.2. The molecule has 2 aromatic heterocycles. The molecular weight excluding hydrogens is 897 g/mol. The van der Waals surface area contributed by atoms with E-state index in [0.717, 1.165) is 50.1 Å². The quantitative estimate of drug-likeness (QED) is 0.150. The van der Waals surface area contributed by atoms with Crippen LogP contribution >= 0.6 is 0 Å². The van der Waals surface area contributed by atoms with Gasteiger partial charge in [-0.05, 0) is 113 Å². The molecule has 14 aromatic rings. The van der Waals surface area contributed by atoms with Gasteiger partial charge in [-0.1, -0.05) is 231 Å². The monoisotopic (exact) mass is 940 g/mol. The standard InChI is InChI=1S/C70H44N4/c1-4-21-45(22-5-1)67-71-68(73-69(72-67)60-34-20-36-63-66(60)59-33-14-17-35-62(59)70(63,49-23-6-2-7-24-49)50-25-8-3-9-26-50)48-41-47(42-51(43-48)74-64-37-18-15-31-57(64)58-32-16-19-38-65(58)74)46-39-40-56-54-29-11-10-27-52(54)53-28-12-13-30-55(53)61(56)44-46/h1-44H. The van der Waals surface area contributed by atoms with Crippen LogP contribution in [0.25, 0.3) is 116 Å². The van der Waals surface area contributed by atoms with Gasteiger partial charge in [0.2, 0.25) is 0 Å². The number of para-hydroxylation sites is 2. The maximum atomic E-state index is 5.62. The minimum Gasteiger partial charge on any atom is -0.309 e. The van der Waals surface area contributed by atoms with Crippen molar-refractivity contribution in [3.05, 3.63) is 289 Å². The fourth-order valence-electron chi connectivity index (χ4n) is 12.3. The molecule has 0 saturated heterocycles. The van der Waals surface area contributed by atoms with Crippen molar-refractivity contribution in [3.8, 4) is 62.1 Å². The molecule has 15 rings (SSSR count). The van der Waals surface area contributed by atoms with E-state index in [1.165, 1.54) is 70.9 Å². The second-order valence-corrected chi connectivity index (χ2v) is 19.4. The summed E-state index contributed by atoms with van der Waals surface area (Å²) in [5.74, 6) is 1.82. The summed E-state index contributed by atoms with van der Waals surface area (Å²) in [6.45, 7) is 0. The molecule has 0 amide bonds. The maximum Gasteiger partial charge on any atom is 0.164 e. The van der Waals surface area contributed by atoms with Crippen molar-refractivity contribution < 1.29 is 0 Å². The lowest BCUT2D eigenvalue weighted by molar-refractivity contribution is 0.768. The molecule has 0 N–H and O–H groups in total. The number of hydrogen-bond acceptors (Lipinski definition) is 3. The Balaban J connectivity index is 1.01. The van der Waals surface area contributed by atoms with Crippen LogP contribution in [0.5, 0.6) is 0 Å². The molecule has 0 unspecified atom stereocenters. The third-order valence-electron chi connectivity index (χ3n) is 15.5. The zero-order valence-corrected chi connectivity index (χ0v) is 40.2. The predicted octanol–water partition coefficient (Wildman–Crippen LogP) is 17.5. The van der Waals surface area contributed by atoms with Crippen molar-refractivity contribution in [2.24, 2.45) is 0 Å². The molecule has 4 heteroatoms. The normalized spacial score (nSPS) is 12.7. The van der Waals surface area contributed by atoms with Gasteiger partial charge in [-0.25, -0.2) is 15.0 Å². The van der Waals surface area contributed by atoms with Crippen molar-refractivity contribution in [1.82, 2.24) is 19.5 Å². The van der Waals surface area contributed by atoms with Gasteiger partial charge >= 0.3 is 0 Å². The molecule has 0 radical (unpaired) electrons. The molecule has 0 spiro atoms. The average Bonchev–Trinajstić information content (AvgIpc) is 4.05. The first-order chi connectivity index (χ1) is 36.7. The molecular formula is C70H44N4. The van der Waals surface area contributed by atoms with E-state index < -0.39 is 5.41 Å². The van der Waals surface area contributed by atoms with Crippen LogP contribution in [0.2, 0.25) is 0 Å². The summed E-state index contributed by atoms with van der Waals surface area (Å²) in [6.07, 6.45) is 0. The van der Waals surface area contributed by atoms with Crippen molar-refractivity contribution in [3.63, 3.8) is 0 Å². The van der Waals surface area contributed by atoms with Gasteiger partial charge in [0, 0.05) is 33.2 Å². The number of benzene rings is 12. The highest BCUT2D eigenvalue weighted by Crippen LogP contribution is 2.58. The van der Waals surface area contributed by atoms with Gasteiger partial charge in [0.05, 0.1) is 16.4 Å². The Kier molecular flexibility index (Phi) is 9.45. The van der Waals surface area contributed by atoms with Crippen molar-refractivity contribution in [2.75, 3.05) is 0 Å². The summed E-state index contributed by atoms with van der Waals surface area (Å²) >= 11 is 0. The second kappa shape index (κ2) is 16.7. The Labute approximate surface area is 428 Å². The van der Waals surface area contributed by atoms with E-state index in [0.29, 0.717) is 17.5 Å². The summed E-state index contributed by atoms with van der Waals surface area (Å²) in [5.41, 5.74) is 14.8. The highest BCUT2D eigenvalue weighted by Gasteiger charge is 2.47. The molecule has 1 aliphatic rings. The first-order valence-corrected chi connectivity index (χ1v) is 25.3. The second-order valence-electron chi connectivity index (χ2n) is 19.4. The lowest BCUT2D eigenvalue weighted by Gasteiger charge is -2.33. The molecule has 0 aliphatic heterocycles. The average molecular weight is 941 g/mol. The SMILES string of the molecule is c1ccc(-c2nc(-c3cc(-c4ccc5c6ccccc6c6ccccc6c5c4)cc(-n4c5ccccc5c5ccccc54)c3)nc(-c3cccc4c3-c3ccccc3C4(c3ccccc3)c3ccccc3)n2)cc1. The molecule has 0 bridgehead atoms. The molecule has 0 fully saturated rings. The van der Waals surface area contributed by atoms with Crippen LogP contribution in [0.1, 0.15) is 22.3 Å². The fourth-order valence-corrected chi connectivity index (χ4v) is 12.3. The molecule has 0 saturated carbocycles. The van der Waals surface area contributed by atoms with Gasteiger partial charge < -0.3 is 4.57 Å². The molecule has 74 heavy (non-hydrogen) atoms. The molecule has 344 valence electrons. The maximum absolute atomic E-state index is 5.62. The van der Waals surface area contributed by atoms with Crippen LogP contribution in [0.15, 0.2) is 267 Å². The van der Waals surface area contributed by atoms with Crippen molar-refractivity contribution in [1.29, 1.82) is 0 Å². The first-order valence-electron chi connectivity index (χ1n) is 25.3. The van der Waals surface area contributed by atoms with Crippen LogP contribution < -0.4 is 0 Å². The Morgan fingerprint density at radius 2 is 0.730 bits per heavy atom. The summed E-state index contributed by atoms with van der Waals surface area (Å²) in [4.78, 5) is 16.5. The Hall–Kier alpha value is -9.77. The van der Waals surface area contributed by atoms with E-state index in [-0.39, 0.29) is 0 Å². The summed E-state index contributed by atoms with van der Waals surface area (Å²) < 4.78 is 2.40. The van der Waals surface area contributed by atoms with E-state index in [1.807, 2.05) is 6.07 Å².